The minimum absolute atomic E-state index is 0.601. The Morgan fingerprint density at radius 3 is 2.43 bits per heavy atom. The van der Waals surface area contributed by atoms with Gasteiger partial charge in [0.05, 0.1) is 13.2 Å². The molecule has 0 spiro atoms. The number of rotatable bonds is 12. The monoisotopic (exact) mass is 295 g/mol. The van der Waals surface area contributed by atoms with Gasteiger partial charge >= 0.3 is 0 Å². The molecule has 0 aliphatic heterocycles. The highest BCUT2D eigenvalue weighted by Crippen LogP contribution is 2.12. The lowest BCUT2D eigenvalue weighted by Crippen LogP contribution is -2.18. The molecule has 1 aromatic rings. The maximum atomic E-state index is 5.65. The zero-order chi connectivity index (χ0) is 15.3. The Balaban J connectivity index is 2.10. The van der Waals surface area contributed by atoms with Crippen LogP contribution in [0.25, 0.3) is 0 Å². The van der Waals surface area contributed by atoms with E-state index in [4.69, 9.17) is 14.2 Å². The van der Waals surface area contributed by atoms with Gasteiger partial charge in [-0.15, -0.1) is 0 Å². The summed E-state index contributed by atoms with van der Waals surface area (Å²) in [5.41, 5.74) is 1.24. The van der Waals surface area contributed by atoms with Gasteiger partial charge in [-0.05, 0) is 30.0 Å². The Hall–Kier alpha value is -1.10. The predicted octanol–water partition coefficient (Wildman–Crippen LogP) is 2.86. The van der Waals surface area contributed by atoms with Crippen molar-refractivity contribution >= 4 is 0 Å². The van der Waals surface area contributed by atoms with Crippen LogP contribution in [0, 0.1) is 5.92 Å². The molecule has 0 fully saturated rings. The molecular weight excluding hydrogens is 266 g/mol. The van der Waals surface area contributed by atoms with Crippen LogP contribution in [-0.4, -0.2) is 40.1 Å². The maximum absolute atomic E-state index is 5.65. The van der Waals surface area contributed by atoms with E-state index in [9.17, 15) is 0 Å². The van der Waals surface area contributed by atoms with E-state index in [1.165, 1.54) is 5.56 Å². The van der Waals surface area contributed by atoms with Gasteiger partial charge in [0.1, 0.15) is 12.4 Å². The molecule has 0 saturated heterocycles. The zero-order valence-electron chi connectivity index (χ0n) is 13.6. The topological polar surface area (TPSA) is 39.7 Å². The van der Waals surface area contributed by atoms with E-state index >= 15 is 0 Å². The molecule has 0 unspecified atom stereocenters. The molecule has 0 aromatic heterocycles. The number of methoxy groups -OCH3 is 1. The molecule has 120 valence electrons. The maximum Gasteiger partial charge on any atom is 0.119 e. The molecule has 0 radical (unpaired) electrons. The second-order valence-corrected chi connectivity index (χ2v) is 5.46. The van der Waals surface area contributed by atoms with Crippen molar-refractivity contribution in [2.75, 3.05) is 40.1 Å². The molecule has 0 saturated carbocycles. The third kappa shape index (κ3) is 9.45. The second kappa shape index (κ2) is 11.5. The molecule has 0 heterocycles. The summed E-state index contributed by atoms with van der Waals surface area (Å²) in [5.74, 6) is 1.58. The second-order valence-electron chi connectivity index (χ2n) is 5.46. The summed E-state index contributed by atoms with van der Waals surface area (Å²) in [5, 5.41) is 3.31. The van der Waals surface area contributed by atoms with Crippen molar-refractivity contribution < 1.29 is 14.2 Å². The first-order chi connectivity index (χ1) is 10.2. The Morgan fingerprint density at radius 1 is 1.00 bits per heavy atom. The number of hydrogen-bond acceptors (Lipinski definition) is 4. The SMILES string of the molecule is COCCNCc1ccc(OCCOCCC(C)C)cc1. The molecular formula is C17H29NO3. The van der Waals surface area contributed by atoms with Crippen LogP contribution in [0.4, 0.5) is 0 Å². The molecule has 4 heteroatoms. The summed E-state index contributed by atoms with van der Waals surface area (Å²) in [6, 6.07) is 8.16. The van der Waals surface area contributed by atoms with Crippen molar-refractivity contribution in [1.29, 1.82) is 0 Å². The van der Waals surface area contributed by atoms with Crippen LogP contribution >= 0.6 is 0 Å². The summed E-state index contributed by atoms with van der Waals surface area (Å²) in [6.45, 7) is 8.91. The summed E-state index contributed by atoms with van der Waals surface area (Å²) in [4.78, 5) is 0. The van der Waals surface area contributed by atoms with Crippen LogP contribution in [0.15, 0.2) is 24.3 Å². The normalized spacial score (nSPS) is 11.0. The smallest absolute Gasteiger partial charge is 0.119 e. The summed E-state index contributed by atoms with van der Waals surface area (Å²) in [6.07, 6.45) is 1.10. The summed E-state index contributed by atoms with van der Waals surface area (Å²) in [7, 11) is 1.71. The minimum atomic E-state index is 0.601. The first kappa shape index (κ1) is 18.0. The fraction of sp³-hybridized carbons (Fsp3) is 0.647. The standard InChI is InChI=1S/C17H29NO3/c1-15(2)8-10-20-12-13-21-17-6-4-16(5-7-17)14-18-9-11-19-3/h4-7,15,18H,8-14H2,1-3H3. The van der Waals surface area contributed by atoms with Crippen LogP contribution in [0.1, 0.15) is 25.8 Å². The highest BCUT2D eigenvalue weighted by molar-refractivity contribution is 5.27. The molecule has 0 amide bonds. The van der Waals surface area contributed by atoms with Gasteiger partial charge in [-0.1, -0.05) is 26.0 Å². The van der Waals surface area contributed by atoms with E-state index < -0.39 is 0 Å². The van der Waals surface area contributed by atoms with Crippen LogP contribution in [0.5, 0.6) is 5.75 Å². The van der Waals surface area contributed by atoms with Gasteiger partial charge in [-0.25, -0.2) is 0 Å². The number of nitrogens with one attached hydrogen (secondary N) is 1. The van der Waals surface area contributed by atoms with E-state index in [0.717, 1.165) is 38.5 Å². The van der Waals surface area contributed by atoms with Crippen molar-refractivity contribution in [2.45, 2.75) is 26.8 Å². The lowest BCUT2D eigenvalue weighted by molar-refractivity contribution is 0.0926. The van der Waals surface area contributed by atoms with Gasteiger partial charge in [-0.2, -0.15) is 0 Å². The molecule has 0 aliphatic carbocycles. The Labute approximate surface area is 128 Å². The number of benzene rings is 1. The zero-order valence-corrected chi connectivity index (χ0v) is 13.6. The summed E-state index contributed by atoms with van der Waals surface area (Å²) >= 11 is 0. The number of ether oxygens (including phenoxy) is 3. The largest absolute Gasteiger partial charge is 0.491 e. The highest BCUT2D eigenvalue weighted by atomic mass is 16.5. The summed E-state index contributed by atoms with van der Waals surface area (Å²) < 4.78 is 16.2. The van der Waals surface area contributed by atoms with Gasteiger partial charge in [0.2, 0.25) is 0 Å². The van der Waals surface area contributed by atoms with Crippen LogP contribution in [0.3, 0.4) is 0 Å². The van der Waals surface area contributed by atoms with Crippen molar-refractivity contribution in [3.05, 3.63) is 29.8 Å². The van der Waals surface area contributed by atoms with Crippen LogP contribution in [-0.2, 0) is 16.0 Å². The van der Waals surface area contributed by atoms with Crippen LogP contribution in [0.2, 0.25) is 0 Å². The molecule has 21 heavy (non-hydrogen) atoms. The molecule has 1 N–H and O–H groups in total. The molecule has 0 bridgehead atoms. The van der Waals surface area contributed by atoms with Crippen molar-refractivity contribution in [3.8, 4) is 5.75 Å². The fourth-order valence-electron chi connectivity index (χ4n) is 1.75. The molecule has 1 aromatic carbocycles. The van der Waals surface area contributed by atoms with E-state index in [-0.39, 0.29) is 0 Å². The van der Waals surface area contributed by atoms with Gasteiger partial charge < -0.3 is 19.5 Å². The number of hydrogen-bond donors (Lipinski definition) is 1. The molecule has 0 aliphatic rings. The van der Waals surface area contributed by atoms with E-state index in [1.54, 1.807) is 7.11 Å². The Morgan fingerprint density at radius 2 is 1.76 bits per heavy atom. The predicted molar refractivity (Wildman–Crippen MR) is 85.8 cm³/mol. The van der Waals surface area contributed by atoms with E-state index in [0.29, 0.717) is 19.1 Å². The van der Waals surface area contributed by atoms with Crippen LogP contribution < -0.4 is 10.1 Å². The lowest BCUT2D eigenvalue weighted by atomic mass is 10.1. The minimum Gasteiger partial charge on any atom is -0.491 e. The van der Waals surface area contributed by atoms with Crippen molar-refractivity contribution in [3.63, 3.8) is 0 Å². The lowest BCUT2D eigenvalue weighted by Gasteiger charge is -2.09. The first-order valence-electron chi connectivity index (χ1n) is 7.71. The third-order valence-electron chi connectivity index (χ3n) is 3.07. The Kier molecular flexibility index (Phi) is 9.87. The highest BCUT2D eigenvalue weighted by Gasteiger charge is 1.97. The van der Waals surface area contributed by atoms with Gasteiger partial charge in [0, 0.05) is 26.8 Å². The van der Waals surface area contributed by atoms with Gasteiger partial charge in [0.15, 0.2) is 0 Å². The molecule has 4 nitrogen and oxygen atoms in total. The van der Waals surface area contributed by atoms with E-state index in [1.807, 2.05) is 12.1 Å². The first-order valence-corrected chi connectivity index (χ1v) is 7.71. The van der Waals surface area contributed by atoms with Crippen molar-refractivity contribution in [2.24, 2.45) is 5.92 Å². The quantitative estimate of drug-likeness (QED) is 0.602. The van der Waals surface area contributed by atoms with Crippen molar-refractivity contribution in [1.82, 2.24) is 5.32 Å². The van der Waals surface area contributed by atoms with E-state index in [2.05, 4.69) is 31.3 Å². The molecule has 0 atom stereocenters. The van der Waals surface area contributed by atoms with Gasteiger partial charge in [-0.3, -0.25) is 0 Å². The van der Waals surface area contributed by atoms with Gasteiger partial charge in [0.25, 0.3) is 0 Å². The Bertz CT molecular complexity index is 352. The fourth-order valence-corrected chi connectivity index (χ4v) is 1.75. The average molecular weight is 295 g/mol. The average Bonchev–Trinajstić information content (AvgIpc) is 2.48. The molecule has 1 rings (SSSR count). The third-order valence-corrected chi connectivity index (χ3v) is 3.07.